The van der Waals surface area contributed by atoms with Crippen LogP contribution < -0.4 is 15.2 Å². The van der Waals surface area contributed by atoms with Gasteiger partial charge in [0, 0.05) is 18.7 Å². The minimum Gasteiger partial charge on any atom is -0.472 e. The quantitative estimate of drug-likeness (QED) is 0.750. The Kier molecular flexibility index (Phi) is 5.03. The SMILES string of the molecule is COC[C@H]1CCc2cc3c(c(NC(=O)N=S(N)(=O)c4cnn5c4O[C@@H](C)C5)c21)CCC3. The molecule has 9 nitrogen and oxygen atoms in total. The molecule has 3 atom stereocenters. The van der Waals surface area contributed by atoms with Gasteiger partial charge in [-0.2, -0.15) is 5.10 Å². The van der Waals surface area contributed by atoms with Gasteiger partial charge in [-0.05, 0) is 61.3 Å². The highest BCUT2D eigenvalue weighted by atomic mass is 32.2. The number of nitrogens with two attached hydrogens (primary N) is 1. The zero-order chi connectivity index (χ0) is 21.8. The molecule has 1 aliphatic heterocycles. The Balaban J connectivity index is 1.50. The van der Waals surface area contributed by atoms with Crippen LogP contribution in [0.15, 0.2) is 21.5 Å². The van der Waals surface area contributed by atoms with E-state index in [1.807, 2.05) is 6.92 Å². The van der Waals surface area contributed by atoms with Crippen molar-refractivity contribution in [3.63, 3.8) is 0 Å². The first-order chi connectivity index (χ1) is 14.9. The Bertz CT molecular complexity index is 1180. The normalized spacial score (nSPS) is 22.9. The van der Waals surface area contributed by atoms with Crippen LogP contribution in [0, 0.1) is 0 Å². The number of aromatic nitrogens is 2. The summed E-state index contributed by atoms with van der Waals surface area (Å²) < 4.78 is 29.7. The average molecular weight is 446 g/mol. The number of ether oxygens (including phenoxy) is 2. The van der Waals surface area contributed by atoms with Crippen molar-refractivity contribution in [2.75, 3.05) is 19.0 Å². The summed E-state index contributed by atoms with van der Waals surface area (Å²) in [5.74, 6) is 0.537. The number of anilines is 1. The van der Waals surface area contributed by atoms with Crippen LogP contribution in [0.1, 0.15) is 47.9 Å². The van der Waals surface area contributed by atoms with Crippen molar-refractivity contribution >= 4 is 21.6 Å². The average Bonchev–Trinajstić information content (AvgIpc) is 3.45. The van der Waals surface area contributed by atoms with Crippen LogP contribution in [0.3, 0.4) is 0 Å². The monoisotopic (exact) mass is 445 g/mol. The molecule has 31 heavy (non-hydrogen) atoms. The van der Waals surface area contributed by atoms with Gasteiger partial charge in [0.2, 0.25) is 5.88 Å². The Morgan fingerprint density at radius 1 is 1.42 bits per heavy atom. The Morgan fingerprint density at radius 3 is 3.06 bits per heavy atom. The van der Waals surface area contributed by atoms with Gasteiger partial charge in [0.1, 0.15) is 11.0 Å². The second-order valence-electron chi connectivity index (χ2n) is 8.52. The lowest BCUT2D eigenvalue weighted by Gasteiger charge is -2.19. The molecule has 0 saturated carbocycles. The van der Waals surface area contributed by atoms with Gasteiger partial charge in [-0.15, -0.1) is 4.36 Å². The molecule has 1 unspecified atom stereocenters. The molecule has 10 heteroatoms. The second kappa shape index (κ2) is 7.61. The molecule has 166 valence electrons. The summed E-state index contributed by atoms with van der Waals surface area (Å²) in [6, 6.07) is 1.56. The smallest absolute Gasteiger partial charge is 0.354 e. The highest BCUT2D eigenvalue weighted by Crippen LogP contribution is 2.44. The highest BCUT2D eigenvalue weighted by Gasteiger charge is 2.32. The summed E-state index contributed by atoms with van der Waals surface area (Å²) in [5.41, 5.74) is 5.61. The molecular formula is C21H27N5O4S. The number of carbonyl (C=O) groups is 1. The molecular weight excluding hydrogens is 418 g/mol. The van der Waals surface area contributed by atoms with Gasteiger partial charge in [0.15, 0.2) is 9.92 Å². The fraction of sp³-hybridized carbons (Fsp3) is 0.524. The fourth-order valence-corrected chi connectivity index (χ4v) is 6.05. The molecule has 1 aromatic carbocycles. The van der Waals surface area contributed by atoms with Gasteiger partial charge >= 0.3 is 6.03 Å². The Hall–Kier alpha value is -2.43. The van der Waals surface area contributed by atoms with E-state index in [-0.39, 0.29) is 16.9 Å². The molecule has 3 N–H and O–H groups in total. The molecule has 2 aromatic rings. The third kappa shape index (κ3) is 3.52. The van der Waals surface area contributed by atoms with Crippen LogP contribution in [0.25, 0.3) is 0 Å². The molecule has 0 spiro atoms. The zero-order valence-electron chi connectivity index (χ0n) is 17.7. The van der Waals surface area contributed by atoms with Crippen molar-refractivity contribution in [2.45, 2.75) is 62.5 Å². The van der Waals surface area contributed by atoms with E-state index in [9.17, 15) is 9.00 Å². The topological polar surface area (TPSA) is 121 Å². The molecule has 2 aliphatic carbocycles. The van der Waals surface area contributed by atoms with Gasteiger partial charge in [-0.1, -0.05) is 6.07 Å². The number of rotatable bonds is 4. The van der Waals surface area contributed by atoms with Gasteiger partial charge in [0.25, 0.3) is 0 Å². The van der Waals surface area contributed by atoms with Crippen LogP contribution in [-0.4, -0.2) is 39.8 Å². The summed E-state index contributed by atoms with van der Waals surface area (Å²) in [5, 5.41) is 13.1. The van der Waals surface area contributed by atoms with Crippen molar-refractivity contribution in [3.8, 4) is 5.88 Å². The van der Waals surface area contributed by atoms with Crippen molar-refractivity contribution in [2.24, 2.45) is 9.50 Å². The molecule has 5 rings (SSSR count). The fourth-order valence-electron chi connectivity index (χ4n) is 5.06. The first-order valence-corrected chi connectivity index (χ1v) is 12.2. The van der Waals surface area contributed by atoms with Crippen LogP contribution in [0.5, 0.6) is 5.88 Å². The van der Waals surface area contributed by atoms with Gasteiger partial charge < -0.3 is 14.8 Å². The summed E-state index contributed by atoms with van der Waals surface area (Å²) in [6.45, 7) is 3.02. The maximum absolute atomic E-state index is 13.1. The first-order valence-electron chi connectivity index (χ1n) is 10.6. The summed E-state index contributed by atoms with van der Waals surface area (Å²) in [7, 11) is -1.82. The lowest BCUT2D eigenvalue weighted by molar-refractivity contribution is 0.179. The lowest BCUT2D eigenvalue weighted by atomic mass is 9.94. The van der Waals surface area contributed by atoms with E-state index in [1.54, 1.807) is 11.8 Å². The molecule has 3 aliphatic rings. The van der Waals surface area contributed by atoms with E-state index in [1.165, 1.54) is 17.3 Å². The zero-order valence-corrected chi connectivity index (χ0v) is 18.5. The van der Waals surface area contributed by atoms with E-state index in [0.29, 0.717) is 19.0 Å². The number of fused-ring (bicyclic) bond motifs is 3. The molecule has 0 saturated heterocycles. The summed E-state index contributed by atoms with van der Waals surface area (Å²) in [4.78, 5) is 13.1. The van der Waals surface area contributed by atoms with Crippen LogP contribution in [0.2, 0.25) is 0 Å². The molecule has 2 amide bonds. The minimum atomic E-state index is -3.51. The maximum atomic E-state index is 13.1. The number of methoxy groups -OCH3 is 1. The Labute approximate surface area is 181 Å². The Morgan fingerprint density at radius 2 is 2.26 bits per heavy atom. The molecule has 0 fully saturated rings. The standard InChI is InChI=1S/C21H27N5O4S/c1-12-10-26-20(30-12)17(9-23-26)31(22,28)25-21(27)24-19-16-5-3-4-13(16)8-14-6-7-15(11-29-2)18(14)19/h8-9,12,15H,3-7,10-11H2,1-2H3,(H3,22,24,25,27,28)/t12-,15+,31?/m0/s1. The lowest BCUT2D eigenvalue weighted by Crippen LogP contribution is -2.20. The highest BCUT2D eigenvalue weighted by molar-refractivity contribution is 7.91. The second-order valence-corrected chi connectivity index (χ2v) is 10.3. The van der Waals surface area contributed by atoms with Crippen molar-refractivity contribution in [1.29, 1.82) is 0 Å². The maximum Gasteiger partial charge on any atom is 0.354 e. The van der Waals surface area contributed by atoms with Crippen LogP contribution >= 0.6 is 0 Å². The third-order valence-electron chi connectivity index (χ3n) is 6.33. The van der Waals surface area contributed by atoms with E-state index in [2.05, 4.69) is 20.8 Å². The van der Waals surface area contributed by atoms with E-state index in [0.717, 1.165) is 48.9 Å². The van der Waals surface area contributed by atoms with Gasteiger partial charge in [-0.3, -0.25) is 0 Å². The number of aryl methyl sites for hydroxylation is 2. The number of amides is 2. The van der Waals surface area contributed by atoms with Crippen molar-refractivity contribution in [1.82, 2.24) is 9.78 Å². The number of hydrogen-bond acceptors (Lipinski definition) is 5. The minimum absolute atomic E-state index is 0.0984. The van der Waals surface area contributed by atoms with E-state index >= 15 is 0 Å². The number of nitrogens with zero attached hydrogens (tertiary/aromatic N) is 3. The van der Waals surface area contributed by atoms with Crippen LogP contribution in [-0.2, 0) is 40.5 Å². The predicted molar refractivity (Wildman–Crippen MR) is 116 cm³/mol. The molecule has 1 aromatic heterocycles. The predicted octanol–water partition coefficient (Wildman–Crippen LogP) is 2.76. The van der Waals surface area contributed by atoms with E-state index < -0.39 is 15.9 Å². The summed E-state index contributed by atoms with van der Waals surface area (Å²) >= 11 is 0. The number of carbonyl (C=O) groups excluding carboxylic acids is 1. The summed E-state index contributed by atoms with van der Waals surface area (Å²) in [6.07, 6.45) is 6.17. The number of benzene rings is 1. The first kappa shape index (κ1) is 20.5. The number of nitrogens with one attached hydrogen (secondary N) is 1. The largest absolute Gasteiger partial charge is 0.472 e. The van der Waals surface area contributed by atoms with Crippen molar-refractivity contribution < 1.29 is 18.5 Å². The third-order valence-corrected chi connectivity index (χ3v) is 7.68. The number of hydrogen-bond donors (Lipinski definition) is 2. The number of urea groups is 1. The van der Waals surface area contributed by atoms with Gasteiger partial charge in [0.05, 0.1) is 19.3 Å². The molecule has 0 radical (unpaired) electrons. The van der Waals surface area contributed by atoms with Gasteiger partial charge in [-0.25, -0.2) is 18.8 Å². The molecule has 0 bridgehead atoms. The van der Waals surface area contributed by atoms with E-state index in [4.69, 9.17) is 14.6 Å². The van der Waals surface area contributed by atoms with Crippen molar-refractivity contribution in [3.05, 3.63) is 34.5 Å². The molecule has 2 heterocycles. The van der Waals surface area contributed by atoms with Crippen LogP contribution in [0.4, 0.5) is 10.5 Å².